The van der Waals surface area contributed by atoms with Crippen molar-refractivity contribution in [1.82, 2.24) is 14.3 Å². The Balaban J connectivity index is 1.42. The van der Waals surface area contributed by atoms with E-state index in [1.807, 2.05) is 0 Å². The van der Waals surface area contributed by atoms with Crippen molar-refractivity contribution in [2.24, 2.45) is 0 Å². The largest absolute Gasteiger partial charge is 0.340 e. The second-order valence-corrected chi connectivity index (χ2v) is 10.6. The SMILES string of the molecule is Cc1cc(Nc2ccnc(Nc3ccc(S(=O)(=O)N(C)C4CCC(F)(F)CC4)cc3)n2)ccc1F. The van der Waals surface area contributed by atoms with Gasteiger partial charge in [-0.3, -0.25) is 0 Å². The number of benzene rings is 2. The standard InChI is InChI=1S/C24H26F3N5O2S/c1-16-15-18(5-8-21(16)25)29-22-11-14-28-23(31-22)30-17-3-6-20(7-4-17)35(33,34)32(2)19-9-12-24(26,27)13-10-19/h3-8,11,14-15,19H,9-10,12-13H2,1-2H3,(H2,28,29,30,31). The molecule has 0 bridgehead atoms. The second-order valence-electron chi connectivity index (χ2n) is 8.61. The van der Waals surface area contributed by atoms with E-state index in [9.17, 15) is 21.6 Å². The fourth-order valence-electron chi connectivity index (χ4n) is 3.95. The summed E-state index contributed by atoms with van der Waals surface area (Å²) in [5.74, 6) is -2.24. The molecule has 1 saturated carbocycles. The zero-order valence-corrected chi connectivity index (χ0v) is 20.1. The van der Waals surface area contributed by atoms with E-state index in [1.54, 1.807) is 43.5 Å². The van der Waals surface area contributed by atoms with E-state index in [-0.39, 0.29) is 42.3 Å². The summed E-state index contributed by atoms with van der Waals surface area (Å²) in [6.07, 6.45) is 1.18. The van der Waals surface area contributed by atoms with Crippen LogP contribution in [0.1, 0.15) is 31.2 Å². The van der Waals surface area contributed by atoms with Crippen molar-refractivity contribution in [2.75, 3.05) is 17.7 Å². The Morgan fingerprint density at radius 1 is 1.00 bits per heavy atom. The predicted molar refractivity (Wildman–Crippen MR) is 128 cm³/mol. The molecule has 0 saturated heterocycles. The number of halogens is 3. The maximum Gasteiger partial charge on any atom is 0.248 e. The smallest absolute Gasteiger partial charge is 0.248 e. The molecule has 1 aliphatic carbocycles. The van der Waals surface area contributed by atoms with Gasteiger partial charge in [-0.25, -0.2) is 26.6 Å². The monoisotopic (exact) mass is 505 g/mol. The number of alkyl halides is 2. The molecular weight excluding hydrogens is 479 g/mol. The minimum atomic E-state index is -3.82. The number of rotatable bonds is 7. The summed E-state index contributed by atoms with van der Waals surface area (Å²) in [5, 5.41) is 6.10. The second kappa shape index (κ2) is 9.82. The fourth-order valence-corrected chi connectivity index (χ4v) is 5.37. The maximum absolute atomic E-state index is 13.5. The van der Waals surface area contributed by atoms with E-state index in [4.69, 9.17) is 0 Å². The number of aromatic nitrogens is 2. The van der Waals surface area contributed by atoms with E-state index in [2.05, 4.69) is 20.6 Å². The quantitative estimate of drug-likeness (QED) is 0.434. The Labute approximate surface area is 202 Å². The average Bonchev–Trinajstić information content (AvgIpc) is 2.82. The molecule has 1 heterocycles. The van der Waals surface area contributed by atoms with E-state index in [0.717, 1.165) is 0 Å². The van der Waals surface area contributed by atoms with Gasteiger partial charge in [0.25, 0.3) is 0 Å². The number of aryl methyl sites for hydroxylation is 1. The highest BCUT2D eigenvalue weighted by molar-refractivity contribution is 7.89. The van der Waals surface area contributed by atoms with E-state index >= 15 is 0 Å². The van der Waals surface area contributed by atoms with Crippen LogP contribution in [-0.4, -0.2) is 41.7 Å². The van der Waals surface area contributed by atoms with Gasteiger partial charge in [0, 0.05) is 43.5 Å². The molecule has 1 aromatic heterocycles. The highest BCUT2D eigenvalue weighted by Crippen LogP contribution is 2.36. The Morgan fingerprint density at radius 2 is 1.66 bits per heavy atom. The molecule has 2 aromatic carbocycles. The molecule has 0 aliphatic heterocycles. The Hall–Kier alpha value is -3.18. The third-order valence-electron chi connectivity index (χ3n) is 6.07. The lowest BCUT2D eigenvalue weighted by Crippen LogP contribution is -2.41. The van der Waals surface area contributed by atoms with Gasteiger partial charge in [0.1, 0.15) is 11.6 Å². The molecule has 1 fully saturated rings. The van der Waals surface area contributed by atoms with E-state index < -0.39 is 22.0 Å². The molecule has 1 aliphatic rings. The molecule has 0 amide bonds. The molecule has 2 N–H and O–H groups in total. The van der Waals surface area contributed by atoms with Crippen molar-refractivity contribution in [3.63, 3.8) is 0 Å². The van der Waals surface area contributed by atoms with Gasteiger partial charge in [0.2, 0.25) is 21.9 Å². The summed E-state index contributed by atoms with van der Waals surface area (Å²) in [6, 6.07) is 11.9. The maximum atomic E-state index is 13.5. The molecule has 186 valence electrons. The summed E-state index contributed by atoms with van der Waals surface area (Å²) in [4.78, 5) is 8.62. The summed E-state index contributed by atoms with van der Waals surface area (Å²) in [5.41, 5.74) is 1.75. The van der Waals surface area contributed by atoms with Crippen LogP contribution in [0.5, 0.6) is 0 Å². The average molecular weight is 506 g/mol. The van der Waals surface area contributed by atoms with Crippen molar-refractivity contribution in [3.8, 4) is 0 Å². The normalized spacial score (nSPS) is 16.3. The van der Waals surface area contributed by atoms with Gasteiger partial charge < -0.3 is 10.6 Å². The van der Waals surface area contributed by atoms with Crippen molar-refractivity contribution in [1.29, 1.82) is 0 Å². The molecule has 3 aromatic rings. The van der Waals surface area contributed by atoms with Crippen LogP contribution in [-0.2, 0) is 10.0 Å². The van der Waals surface area contributed by atoms with E-state index in [0.29, 0.717) is 22.8 Å². The van der Waals surface area contributed by atoms with Gasteiger partial charge >= 0.3 is 0 Å². The summed E-state index contributed by atoms with van der Waals surface area (Å²) >= 11 is 0. The van der Waals surface area contributed by atoms with Crippen LogP contribution in [0.25, 0.3) is 0 Å². The first kappa shape index (κ1) is 24.9. The fraction of sp³-hybridized carbons (Fsp3) is 0.333. The zero-order valence-electron chi connectivity index (χ0n) is 19.3. The third-order valence-corrected chi connectivity index (χ3v) is 8.00. The minimum absolute atomic E-state index is 0.0749. The van der Waals surface area contributed by atoms with Gasteiger partial charge in [-0.05, 0) is 73.9 Å². The van der Waals surface area contributed by atoms with Crippen LogP contribution in [0.4, 0.5) is 36.3 Å². The number of nitrogens with one attached hydrogen (secondary N) is 2. The van der Waals surface area contributed by atoms with Crippen LogP contribution >= 0.6 is 0 Å². The Kier molecular flexibility index (Phi) is 7.00. The summed E-state index contributed by atoms with van der Waals surface area (Å²) < 4.78 is 67.5. The molecule has 7 nitrogen and oxygen atoms in total. The molecule has 35 heavy (non-hydrogen) atoms. The number of nitrogens with zero attached hydrogens (tertiary/aromatic N) is 3. The van der Waals surface area contributed by atoms with Crippen LogP contribution in [0.15, 0.2) is 59.6 Å². The zero-order chi connectivity index (χ0) is 25.2. The Morgan fingerprint density at radius 3 is 2.31 bits per heavy atom. The van der Waals surface area contributed by atoms with Crippen molar-refractivity contribution < 1.29 is 21.6 Å². The van der Waals surface area contributed by atoms with Crippen LogP contribution in [0.2, 0.25) is 0 Å². The molecule has 0 spiro atoms. The van der Waals surface area contributed by atoms with Gasteiger partial charge in [-0.1, -0.05) is 0 Å². The van der Waals surface area contributed by atoms with Gasteiger partial charge in [0.05, 0.1) is 4.90 Å². The first-order chi connectivity index (χ1) is 16.5. The van der Waals surface area contributed by atoms with E-state index in [1.165, 1.54) is 29.6 Å². The van der Waals surface area contributed by atoms with Crippen LogP contribution < -0.4 is 10.6 Å². The van der Waals surface area contributed by atoms with Crippen molar-refractivity contribution in [2.45, 2.75) is 49.5 Å². The highest BCUT2D eigenvalue weighted by atomic mass is 32.2. The lowest BCUT2D eigenvalue weighted by atomic mass is 9.92. The summed E-state index contributed by atoms with van der Waals surface area (Å²) in [6.45, 7) is 1.67. The molecule has 4 rings (SSSR count). The number of hydrogen-bond acceptors (Lipinski definition) is 6. The van der Waals surface area contributed by atoms with Crippen molar-refractivity contribution >= 4 is 33.2 Å². The summed E-state index contributed by atoms with van der Waals surface area (Å²) in [7, 11) is -2.39. The number of hydrogen-bond donors (Lipinski definition) is 2. The van der Waals surface area contributed by atoms with Crippen LogP contribution in [0.3, 0.4) is 0 Å². The number of anilines is 4. The van der Waals surface area contributed by atoms with Gasteiger partial charge in [-0.2, -0.15) is 9.29 Å². The molecule has 0 unspecified atom stereocenters. The van der Waals surface area contributed by atoms with Gasteiger partial charge in [0.15, 0.2) is 0 Å². The lowest BCUT2D eigenvalue weighted by Gasteiger charge is -2.33. The topological polar surface area (TPSA) is 87.2 Å². The molecule has 0 atom stereocenters. The molecular formula is C24H26F3N5O2S. The molecule has 11 heteroatoms. The first-order valence-corrected chi connectivity index (χ1v) is 12.6. The van der Waals surface area contributed by atoms with Crippen LogP contribution in [0, 0.1) is 12.7 Å². The predicted octanol–water partition coefficient (Wildman–Crippen LogP) is 5.61. The first-order valence-electron chi connectivity index (χ1n) is 11.1. The lowest BCUT2D eigenvalue weighted by molar-refractivity contribution is -0.0453. The van der Waals surface area contributed by atoms with Crippen molar-refractivity contribution in [3.05, 3.63) is 66.1 Å². The minimum Gasteiger partial charge on any atom is -0.340 e. The highest BCUT2D eigenvalue weighted by Gasteiger charge is 2.39. The van der Waals surface area contributed by atoms with Gasteiger partial charge in [-0.15, -0.1) is 0 Å². The third kappa shape index (κ3) is 5.91. The Bertz CT molecular complexity index is 1290. The number of sulfonamides is 1. The molecule has 0 radical (unpaired) electrons.